The molecule has 0 radical (unpaired) electrons. The van der Waals surface area contributed by atoms with Crippen LogP contribution in [-0.2, 0) is 16.2 Å². The van der Waals surface area contributed by atoms with Crippen LogP contribution in [0.15, 0.2) is 109 Å². The summed E-state index contributed by atoms with van der Waals surface area (Å²) in [5.74, 6) is 0. The van der Waals surface area contributed by atoms with Crippen molar-refractivity contribution >= 4 is 0 Å². The lowest BCUT2D eigenvalue weighted by molar-refractivity contribution is 0.659. The van der Waals surface area contributed by atoms with E-state index in [2.05, 4.69) is 165 Å². The van der Waals surface area contributed by atoms with Gasteiger partial charge in [0.25, 0.3) is 0 Å². The van der Waals surface area contributed by atoms with Gasteiger partial charge in [0.05, 0.1) is 0 Å². The molecule has 0 nitrogen and oxygen atoms in total. The zero-order chi connectivity index (χ0) is 32.6. The number of hydrogen-bond acceptors (Lipinski definition) is 0. The zero-order valence-electron chi connectivity index (χ0n) is 28.9. The molecular weight excluding hydrogens is 565 g/mol. The minimum absolute atomic E-state index is 0.00837. The monoisotopic (exact) mass is 606 g/mol. The molecule has 6 aromatic rings. The van der Waals surface area contributed by atoms with E-state index in [-0.39, 0.29) is 16.2 Å². The Morgan fingerprint density at radius 2 is 0.638 bits per heavy atom. The van der Waals surface area contributed by atoms with Crippen LogP contribution >= 0.6 is 0 Å². The summed E-state index contributed by atoms with van der Waals surface area (Å²) < 4.78 is 0. The van der Waals surface area contributed by atoms with E-state index in [1.807, 2.05) is 0 Å². The predicted octanol–water partition coefficient (Wildman–Crippen LogP) is 12.6. The van der Waals surface area contributed by atoms with Crippen LogP contribution in [0.3, 0.4) is 0 Å². The third-order valence-corrected chi connectivity index (χ3v) is 12.2. The van der Waals surface area contributed by atoms with E-state index in [0.717, 1.165) is 0 Å². The molecule has 9 rings (SSSR count). The summed E-state index contributed by atoms with van der Waals surface area (Å²) in [5.41, 5.74) is 24.7. The molecule has 47 heavy (non-hydrogen) atoms. The molecule has 0 aliphatic heterocycles. The lowest BCUT2D eigenvalue weighted by Crippen LogP contribution is -2.16. The maximum Gasteiger partial charge on any atom is 0.0159 e. The van der Waals surface area contributed by atoms with Crippen LogP contribution in [0.25, 0.3) is 55.6 Å². The molecule has 0 unspecified atom stereocenters. The van der Waals surface area contributed by atoms with Crippen molar-refractivity contribution in [3.8, 4) is 55.6 Å². The van der Waals surface area contributed by atoms with E-state index in [0.29, 0.717) is 0 Å². The molecule has 6 aromatic carbocycles. The molecule has 0 spiro atoms. The third-order valence-electron chi connectivity index (χ3n) is 12.2. The van der Waals surface area contributed by atoms with Gasteiger partial charge in [-0.2, -0.15) is 0 Å². The van der Waals surface area contributed by atoms with E-state index in [1.54, 1.807) is 0 Å². The second kappa shape index (κ2) is 9.23. The maximum absolute atomic E-state index is 2.51. The van der Waals surface area contributed by atoms with E-state index in [9.17, 15) is 0 Å². The first-order valence-corrected chi connectivity index (χ1v) is 17.2. The molecule has 0 atom stereocenters. The first-order valence-electron chi connectivity index (χ1n) is 17.2. The maximum atomic E-state index is 2.51. The number of benzene rings is 6. The van der Waals surface area contributed by atoms with Crippen LogP contribution in [0.1, 0.15) is 86.1 Å². The van der Waals surface area contributed by atoms with E-state index >= 15 is 0 Å². The Morgan fingerprint density at radius 3 is 1.06 bits per heavy atom. The lowest BCUT2D eigenvalue weighted by atomic mass is 9.78. The van der Waals surface area contributed by atoms with Crippen LogP contribution in [0.4, 0.5) is 0 Å². The first kappa shape index (κ1) is 28.5. The fourth-order valence-corrected chi connectivity index (χ4v) is 9.41. The summed E-state index contributed by atoms with van der Waals surface area (Å²) in [4.78, 5) is 0. The van der Waals surface area contributed by atoms with Gasteiger partial charge in [-0.1, -0.05) is 126 Å². The number of aryl methyl sites for hydroxylation is 2. The van der Waals surface area contributed by atoms with Crippen LogP contribution in [0.5, 0.6) is 0 Å². The van der Waals surface area contributed by atoms with Crippen molar-refractivity contribution in [2.24, 2.45) is 0 Å². The Hall–Kier alpha value is -4.68. The minimum atomic E-state index is -0.103. The predicted molar refractivity (Wildman–Crippen MR) is 199 cm³/mol. The quantitative estimate of drug-likeness (QED) is 0.184. The van der Waals surface area contributed by atoms with Crippen molar-refractivity contribution in [2.75, 3.05) is 0 Å². The molecular formula is C47H42. The number of rotatable bonds is 2. The van der Waals surface area contributed by atoms with Gasteiger partial charge in [0.2, 0.25) is 0 Å². The molecule has 0 heteroatoms. The van der Waals surface area contributed by atoms with Crippen molar-refractivity contribution in [1.82, 2.24) is 0 Å². The van der Waals surface area contributed by atoms with Gasteiger partial charge in [-0.3, -0.25) is 0 Å². The summed E-state index contributed by atoms with van der Waals surface area (Å²) in [6, 6.07) is 42.1. The molecule has 0 N–H and O–H groups in total. The first-order chi connectivity index (χ1) is 22.4. The van der Waals surface area contributed by atoms with Gasteiger partial charge in [0.1, 0.15) is 0 Å². The van der Waals surface area contributed by atoms with Gasteiger partial charge < -0.3 is 0 Å². The van der Waals surface area contributed by atoms with E-state index in [4.69, 9.17) is 0 Å². The van der Waals surface area contributed by atoms with E-state index in [1.165, 1.54) is 100 Å². The molecule has 0 fully saturated rings. The zero-order valence-corrected chi connectivity index (χ0v) is 28.9. The Balaban J connectivity index is 1.14. The highest BCUT2D eigenvalue weighted by Crippen LogP contribution is 2.55. The van der Waals surface area contributed by atoms with Crippen LogP contribution in [0.2, 0.25) is 0 Å². The topological polar surface area (TPSA) is 0 Å². The Morgan fingerprint density at radius 1 is 0.298 bits per heavy atom. The number of hydrogen-bond donors (Lipinski definition) is 0. The highest BCUT2D eigenvalue weighted by Gasteiger charge is 2.39. The van der Waals surface area contributed by atoms with Gasteiger partial charge in [0, 0.05) is 16.2 Å². The van der Waals surface area contributed by atoms with Crippen molar-refractivity contribution in [2.45, 2.75) is 71.6 Å². The van der Waals surface area contributed by atoms with Crippen LogP contribution < -0.4 is 0 Å². The fourth-order valence-electron chi connectivity index (χ4n) is 9.41. The summed E-state index contributed by atoms with van der Waals surface area (Å²) in [6.45, 7) is 18.9. The van der Waals surface area contributed by atoms with Crippen molar-refractivity contribution in [1.29, 1.82) is 0 Å². The molecule has 0 amide bonds. The second-order valence-corrected chi connectivity index (χ2v) is 15.9. The fraction of sp³-hybridized carbons (Fsp3) is 0.234. The van der Waals surface area contributed by atoms with Crippen molar-refractivity contribution in [3.05, 3.63) is 154 Å². The lowest BCUT2D eigenvalue weighted by Gasteiger charge is -2.25. The Kier molecular flexibility index (Phi) is 5.60. The highest BCUT2D eigenvalue weighted by atomic mass is 14.4. The minimum Gasteiger partial charge on any atom is -0.0619 e. The van der Waals surface area contributed by atoms with Gasteiger partial charge in [-0.25, -0.2) is 0 Å². The molecule has 3 aliphatic carbocycles. The summed E-state index contributed by atoms with van der Waals surface area (Å²) in [6.07, 6.45) is 0. The summed E-state index contributed by atoms with van der Waals surface area (Å²) in [5, 5.41) is 0. The van der Waals surface area contributed by atoms with Crippen LogP contribution in [0, 0.1) is 13.8 Å². The standard InChI is InChI=1S/C47H42/c1-27-21-37-38-22-28(2)36(30-18-20-34-32-14-10-12-16-40(32)46(5,6)42(34)24-30)26-44(38)47(7,8)43(37)25-35(27)29-17-19-33-31-13-9-11-15-39(31)45(3,4)41(33)23-29/h9-26H,1-8H3. The van der Waals surface area contributed by atoms with Crippen molar-refractivity contribution in [3.63, 3.8) is 0 Å². The molecule has 0 aromatic heterocycles. The molecule has 0 saturated carbocycles. The van der Waals surface area contributed by atoms with Crippen LogP contribution in [-0.4, -0.2) is 0 Å². The Labute approximate surface area is 280 Å². The summed E-state index contributed by atoms with van der Waals surface area (Å²) >= 11 is 0. The smallest absolute Gasteiger partial charge is 0.0159 e. The third kappa shape index (κ3) is 3.70. The SMILES string of the molecule is Cc1cc2c(cc1-c1ccc3c(c1)C(C)(C)c1ccccc1-3)C(C)(C)c1cc(-c3ccc4c(c3)C(C)(C)c3ccccc3-4)c(C)cc1-2. The Bertz CT molecular complexity index is 2170. The largest absolute Gasteiger partial charge is 0.0619 e. The van der Waals surface area contributed by atoms with Gasteiger partial charge in [0.15, 0.2) is 0 Å². The molecule has 3 aliphatic rings. The van der Waals surface area contributed by atoms with Gasteiger partial charge >= 0.3 is 0 Å². The molecule has 230 valence electrons. The molecule has 0 bridgehead atoms. The van der Waals surface area contributed by atoms with Crippen molar-refractivity contribution < 1.29 is 0 Å². The average Bonchev–Trinajstić information content (AvgIpc) is 3.52. The average molecular weight is 607 g/mol. The second-order valence-electron chi connectivity index (χ2n) is 15.9. The van der Waals surface area contributed by atoms with Gasteiger partial charge in [-0.15, -0.1) is 0 Å². The number of fused-ring (bicyclic) bond motifs is 9. The summed E-state index contributed by atoms with van der Waals surface area (Å²) in [7, 11) is 0. The van der Waals surface area contributed by atoms with Gasteiger partial charge in [-0.05, 0) is 138 Å². The molecule has 0 heterocycles. The van der Waals surface area contributed by atoms with E-state index < -0.39 is 0 Å². The normalized spacial score (nSPS) is 16.6. The molecule has 0 saturated heterocycles. The highest BCUT2D eigenvalue weighted by molar-refractivity contribution is 5.90.